The summed E-state index contributed by atoms with van der Waals surface area (Å²) >= 11 is 1.68. The molecule has 0 N–H and O–H groups in total. The van der Waals surface area contributed by atoms with Crippen LogP contribution in [0.2, 0.25) is 0 Å². The molecular weight excluding hydrogens is 266 g/mol. The van der Waals surface area contributed by atoms with Crippen LogP contribution in [0.5, 0.6) is 0 Å². The van der Waals surface area contributed by atoms with E-state index >= 15 is 0 Å². The molecule has 1 aliphatic heterocycles. The van der Waals surface area contributed by atoms with Crippen LogP contribution in [0, 0.1) is 11.3 Å². The van der Waals surface area contributed by atoms with E-state index in [2.05, 4.69) is 6.07 Å². The molecule has 20 heavy (non-hydrogen) atoms. The summed E-state index contributed by atoms with van der Waals surface area (Å²) in [6.45, 7) is 0. The van der Waals surface area contributed by atoms with Gasteiger partial charge in [-0.3, -0.25) is 4.79 Å². The van der Waals surface area contributed by atoms with E-state index in [-0.39, 0.29) is 5.78 Å². The number of carbonyl (C=O) groups excluding carboxylic acids is 1. The van der Waals surface area contributed by atoms with Crippen molar-refractivity contribution in [3.05, 3.63) is 70.8 Å². The number of ketones is 1. The SMILES string of the molecule is N#Cc1cccc(/C=C2/CSc3ccccc3C2=O)c1. The van der Waals surface area contributed by atoms with E-state index in [1.807, 2.05) is 42.5 Å². The van der Waals surface area contributed by atoms with Crippen molar-refractivity contribution in [1.29, 1.82) is 5.26 Å². The highest BCUT2D eigenvalue weighted by Gasteiger charge is 2.21. The molecule has 0 atom stereocenters. The first-order valence-corrected chi connectivity index (χ1v) is 7.24. The Hall–Kier alpha value is -2.31. The highest BCUT2D eigenvalue weighted by atomic mass is 32.2. The summed E-state index contributed by atoms with van der Waals surface area (Å²) in [6.07, 6.45) is 1.88. The molecule has 2 aromatic rings. The number of rotatable bonds is 1. The molecule has 1 aliphatic rings. The Morgan fingerprint density at radius 1 is 1.15 bits per heavy atom. The van der Waals surface area contributed by atoms with E-state index in [9.17, 15) is 4.79 Å². The Morgan fingerprint density at radius 3 is 2.85 bits per heavy atom. The van der Waals surface area contributed by atoms with Crippen LogP contribution in [0.1, 0.15) is 21.5 Å². The molecule has 2 nitrogen and oxygen atoms in total. The van der Waals surface area contributed by atoms with Crippen molar-refractivity contribution in [3.63, 3.8) is 0 Å². The maximum Gasteiger partial charge on any atom is 0.191 e. The van der Waals surface area contributed by atoms with Gasteiger partial charge in [0.2, 0.25) is 0 Å². The fourth-order valence-electron chi connectivity index (χ4n) is 2.18. The summed E-state index contributed by atoms with van der Waals surface area (Å²) in [5.41, 5.74) is 3.05. The molecule has 0 saturated carbocycles. The Kier molecular flexibility index (Phi) is 3.41. The van der Waals surface area contributed by atoms with Gasteiger partial charge in [0.15, 0.2) is 5.78 Å². The van der Waals surface area contributed by atoms with Crippen LogP contribution in [-0.4, -0.2) is 11.5 Å². The number of nitrogens with zero attached hydrogens (tertiary/aromatic N) is 1. The van der Waals surface area contributed by atoms with Gasteiger partial charge in [0.1, 0.15) is 0 Å². The van der Waals surface area contributed by atoms with Gasteiger partial charge in [-0.1, -0.05) is 24.3 Å². The molecule has 3 heteroatoms. The molecule has 96 valence electrons. The van der Waals surface area contributed by atoms with Crippen molar-refractivity contribution in [2.45, 2.75) is 4.90 Å². The Morgan fingerprint density at radius 2 is 2.00 bits per heavy atom. The molecule has 0 amide bonds. The van der Waals surface area contributed by atoms with E-state index in [4.69, 9.17) is 5.26 Å². The van der Waals surface area contributed by atoms with E-state index in [1.165, 1.54) is 0 Å². The topological polar surface area (TPSA) is 40.9 Å². The minimum absolute atomic E-state index is 0.0849. The van der Waals surface area contributed by atoms with Crippen molar-refractivity contribution < 1.29 is 4.79 Å². The maximum absolute atomic E-state index is 12.4. The second-order valence-corrected chi connectivity index (χ2v) is 5.54. The summed E-state index contributed by atoms with van der Waals surface area (Å²) in [4.78, 5) is 13.5. The zero-order chi connectivity index (χ0) is 13.9. The van der Waals surface area contributed by atoms with Crippen LogP contribution in [0.15, 0.2) is 59.0 Å². The molecule has 0 saturated heterocycles. The first-order valence-electron chi connectivity index (χ1n) is 6.25. The minimum atomic E-state index is 0.0849. The number of hydrogen-bond acceptors (Lipinski definition) is 3. The summed E-state index contributed by atoms with van der Waals surface area (Å²) in [7, 11) is 0. The molecule has 0 bridgehead atoms. The fraction of sp³-hybridized carbons (Fsp3) is 0.0588. The Bertz CT molecular complexity index is 756. The van der Waals surface area contributed by atoms with Crippen molar-refractivity contribution in [3.8, 4) is 6.07 Å². The normalized spacial score (nSPS) is 15.8. The fourth-order valence-corrected chi connectivity index (χ4v) is 3.20. The molecule has 0 aliphatic carbocycles. The lowest BCUT2D eigenvalue weighted by molar-refractivity contribution is 0.103. The molecule has 2 aromatic carbocycles. The van der Waals surface area contributed by atoms with Gasteiger partial charge < -0.3 is 0 Å². The summed E-state index contributed by atoms with van der Waals surface area (Å²) in [5, 5.41) is 8.91. The third kappa shape index (κ3) is 2.38. The molecule has 0 spiro atoms. The minimum Gasteiger partial charge on any atom is -0.289 e. The number of thioether (sulfide) groups is 1. The molecule has 3 rings (SSSR count). The Labute approximate surface area is 121 Å². The number of hydrogen-bond donors (Lipinski definition) is 0. The quantitative estimate of drug-likeness (QED) is 0.741. The molecule has 1 heterocycles. The van der Waals surface area contributed by atoms with Crippen LogP contribution >= 0.6 is 11.8 Å². The lowest BCUT2D eigenvalue weighted by atomic mass is 10.0. The number of benzene rings is 2. The molecule has 0 unspecified atom stereocenters. The third-order valence-corrected chi connectivity index (χ3v) is 4.29. The lowest BCUT2D eigenvalue weighted by Gasteiger charge is -2.16. The van der Waals surface area contributed by atoms with Gasteiger partial charge in [-0.25, -0.2) is 0 Å². The Balaban J connectivity index is 1.98. The molecule has 0 aromatic heterocycles. The predicted molar refractivity (Wildman–Crippen MR) is 80.6 cm³/mol. The van der Waals surface area contributed by atoms with Crippen LogP contribution < -0.4 is 0 Å². The largest absolute Gasteiger partial charge is 0.289 e. The first-order chi connectivity index (χ1) is 9.78. The average molecular weight is 277 g/mol. The maximum atomic E-state index is 12.4. The molecular formula is C17H11NOS. The highest BCUT2D eigenvalue weighted by molar-refractivity contribution is 7.99. The smallest absolute Gasteiger partial charge is 0.191 e. The molecule has 0 fully saturated rings. The van der Waals surface area contributed by atoms with Crippen molar-refractivity contribution in [1.82, 2.24) is 0 Å². The lowest BCUT2D eigenvalue weighted by Crippen LogP contribution is -2.12. The monoisotopic (exact) mass is 277 g/mol. The van der Waals surface area contributed by atoms with Crippen molar-refractivity contribution in [2.75, 3.05) is 5.75 Å². The van der Waals surface area contributed by atoms with Crippen LogP contribution in [0.25, 0.3) is 6.08 Å². The van der Waals surface area contributed by atoms with E-state index < -0.39 is 0 Å². The van der Waals surface area contributed by atoms with E-state index in [0.29, 0.717) is 11.3 Å². The van der Waals surface area contributed by atoms with Crippen molar-refractivity contribution >= 4 is 23.6 Å². The van der Waals surface area contributed by atoms with Gasteiger partial charge in [0.25, 0.3) is 0 Å². The van der Waals surface area contributed by atoms with Gasteiger partial charge in [-0.15, -0.1) is 11.8 Å². The van der Waals surface area contributed by atoms with Crippen LogP contribution in [0.4, 0.5) is 0 Å². The number of fused-ring (bicyclic) bond motifs is 1. The second-order valence-electron chi connectivity index (χ2n) is 4.52. The summed E-state index contributed by atoms with van der Waals surface area (Å²) in [5.74, 6) is 0.758. The summed E-state index contributed by atoms with van der Waals surface area (Å²) < 4.78 is 0. The van der Waals surface area contributed by atoms with E-state index in [0.717, 1.165) is 21.6 Å². The van der Waals surface area contributed by atoms with Crippen molar-refractivity contribution in [2.24, 2.45) is 0 Å². The number of Topliss-reactive ketones (excluding diaryl/α,β-unsaturated/α-hetero) is 1. The van der Waals surface area contributed by atoms with Gasteiger partial charge in [-0.05, 0) is 35.9 Å². The summed E-state index contributed by atoms with van der Waals surface area (Å²) in [6, 6.07) is 17.1. The first kappa shape index (κ1) is 12.7. The van der Waals surface area contributed by atoms with Gasteiger partial charge in [-0.2, -0.15) is 5.26 Å². The average Bonchev–Trinajstić information content (AvgIpc) is 2.50. The zero-order valence-corrected chi connectivity index (χ0v) is 11.5. The van der Waals surface area contributed by atoms with Gasteiger partial charge >= 0.3 is 0 Å². The predicted octanol–water partition coefficient (Wildman–Crippen LogP) is 3.93. The third-order valence-electron chi connectivity index (χ3n) is 3.16. The molecule has 0 radical (unpaired) electrons. The van der Waals surface area contributed by atoms with Gasteiger partial charge in [0, 0.05) is 21.8 Å². The van der Waals surface area contributed by atoms with E-state index in [1.54, 1.807) is 23.9 Å². The zero-order valence-electron chi connectivity index (χ0n) is 10.7. The van der Waals surface area contributed by atoms with Crippen LogP contribution in [0.3, 0.4) is 0 Å². The standard InChI is InChI=1S/C17H11NOS/c18-10-13-5-3-4-12(8-13)9-14-11-20-16-7-2-1-6-15(16)17(14)19/h1-9H,11H2/b14-9-. The number of carbonyl (C=O) groups is 1. The highest BCUT2D eigenvalue weighted by Crippen LogP contribution is 2.33. The second kappa shape index (κ2) is 5.36. The van der Waals surface area contributed by atoms with Crippen LogP contribution in [-0.2, 0) is 0 Å². The number of nitriles is 1. The van der Waals surface area contributed by atoms with Gasteiger partial charge in [0.05, 0.1) is 11.6 Å².